The molecule has 0 saturated heterocycles. The fourth-order valence-electron chi connectivity index (χ4n) is 2.63. The maximum atomic E-state index is 11.5. The van der Waals surface area contributed by atoms with Crippen LogP contribution >= 0.6 is 46.6 Å². The van der Waals surface area contributed by atoms with E-state index in [2.05, 4.69) is 15.6 Å². The van der Waals surface area contributed by atoms with Crippen molar-refractivity contribution in [2.24, 2.45) is 0 Å². The highest BCUT2D eigenvalue weighted by molar-refractivity contribution is 7.98. The molecular weight excluding hydrogens is 485 g/mol. The fourth-order valence-corrected chi connectivity index (χ4v) is 3.37. The molecule has 3 rings (SSSR count). The molecule has 31 heavy (non-hydrogen) atoms. The number of carbonyl (C=O) groups excluding carboxylic acids is 1. The number of thioether (sulfide) groups is 1. The number of nitrogens with zero attached hydrogens (tertiary/aromatic N) is 1. The average Bonchev–Trinajstić information content (AvgIpc) is 2.72. The molecule has 0 fully saturated rings. The van der Waals surface area contributed by atoms with Gasteiger partial charge in [-0.05, 0) is 37.0 Å². The number of hydrogen-bond donors (Lipinski definition) is 2. The number of halogens is 3. The predicted molar refractivity (Wildman–Crippen MR) is 125 cm³/mol. The third kappa shape index (κ3) is 6.74. The van der Waals surface area contributed by atoms with Gasteiger partial charge in [0.1, 0.15) is 12.4 Å². The van der Waals surface area contributed by atoms with Crippen molar-refractivity contribution in [3.8, 4) is 17.2 Å². The number of benzene rings is 1. The van der Waals surface area contributed by atoms with Gasteiger partial charge in [0.15, 0.2) is 24.1 Å². The minimum atomic E-state index is -1.51. The lowest BCUT2D eigenvalue weighted by Crippen LogP contribution is -2.26. The molecule has 166 valence electrons. The second-order valence-corrected chi connectivity index (χ2v) is 9.66. The molecule has 0 spiro atoms. The molecule has 1 aliphatic heterocycles. The first kappa shape index (κ1) is 23.7. The van der Waals surface area contributed by atoms with Gasteiger partial charge in [0, 0.05) is 17.2 Å². The number of rotatable bonds is 8. The highest BCUT2D eigenvalue weighted by Crippen LogP contribution is 2.40. The summed E-state index contributed by atoms with van der Waals surface area (Å²) in [5, 5.41) is 5.88. The number of fused-ring (bicyclic) bond motifs is 1. The number of amides is 1. The molecule has 1 amide bonds. The van der Waals surface area contributed by atoms with Crippen LogP contribution in [0.1, 0.15) is 13.3 Å². The molecule has 0 bridgehead atoms. The van der Waals surface area contributed by atoms with Crippen LogP contribution < -0.4 is 20.1 Å². The fraction of sp³-hybridized carbons (Fsp3) is 0.300. The molecule has 2 heterocycles. The van der Waals surface area contributed by atoms with E-state index >= 15 is 0 Å². The van der Waals surface area contributed by atoms with Gasteiger partial charge in [-0.2, -0.15) is 0 Å². The maximum Gasteiger partial charge on any atom is 0.263 e. The third-order valence-electron chi connectivity index (χ3n) is 3.91. The van der Waals surface area contributed by atoms with Gasteiger partial charge in [-0.15, -0.1) is 11.8 Å². The number of alkyl halides is 3. The Hall–Kier alpha value is -2.00. The van der Waals surface area contributed by atoms with Gasteiger partial charge in [0.2, 0.25) is 9.54 Å². The lowest BCUT2D eigenvalue weighted by molar-refractivity contribution is -0.118. The largest absolute Gasteiger partial charge is 0.476 e. The number of carbonyl (C=O) groups is 1. The van der Waals surface area contributed by atoms with Gasteiger partial charge in [0.25, 0.3) is 5.91 Å². The monoisotopic (exact) mass is 503 g/mol. The van der Waals surface area contributed by atoms with Crippen LogP contribution in [0.15, 0.2) is 47.3 Å². The van der Waals surface area contributed by atoms with Crippen molar-refractivity contribution in [2.45, 2.75) is 22.0 Å². The van der Waals surface area contributed by atoms with Crippen molar-refractivity contribution in [3.05, 3.63) is 42.4 Å². The smallest absolute Gasteiger partial charge is 0.263 e. The van der Waals surface area contributed by atoms with Crippen LogP contribution in [0.2, 0.25) is 0 Å². The zero-order valence-corrected chi connectivity index (χ0v) is 19.8. The van der Waals surface area contributed by atoms with E-state index < -0.39 is 3.79 Å². The second-order valence-electron chi connectivity index (χ2n) is 6.29. The van der Waals surface area contributed by atoms with Crippen molar-refractivity contribution >= 4 is 64.0 Å². The highest BCUT2D eigenvalue weighted by atomic mass is 35.6. The molecule has 11 heteroatoms. The van der Waals surface area contributed by atoms with Gasteiger partial charge >= 0.3 is 0 Å². The normalized spacial score (nSPS) is 13.7. The van der Waals surface area contributed by atoms with E-state index in [1.165, 1.54) is 11.8 Å². The summed E-state index contributed by atoms with van der Waals surface area (Å²) in [5.74, 6) is 2.00. The predicted octanol–water partition coefficient (Wildman–Crippen LogP) is 5.98. The number of nitrogens with one attached hydrogen (secondary N) is 2. The number of aromatic nitrogens is 1. The number of allylic oxidation sites excluding steroid dienone is 1. The maximum absolute atomic E-state index is 11.5. The van der Waals surface area contributed by atoms with Crippen LogP contribution in [0.25, 0.3) is 0 Å². The van der Waals surface area contributed by atoms with E-state index in [-0.39, 0.29) is 19.1 Å². The standard InChI is InChI=1S/C20H20Cl3N3O4S/c1-3-4-17(29-11-20(21,22)23)25-13-6-5-12(9-15(13)31-2)30-14-7-8-24-19-18(14)28-10-16(27)26-19/h4-9,25H,3,10-11H2,1-2H3,(H,24,26,27)/b17-4-. The Morgan fingerprint density at radius 1 is 1.39 bits per heavy atom. The van der Waals surface area contributed by atoms with Crippen molar-refractivity contribution in [3.63, 3.8) is 0 Å². The molecular formula is C20H20Cl3N3O4S. The van der Waals surface area contributed by atoms with Crippen LogP contribution in [-0.2, 0) is 9.53 Å². The molecule has 0 atom stereocenters. The molecule has 1 aromatic carbocycles. The lowest BCUT2D eigenvalue weighted by Gasteiger charge is -2.20. The minimum Gasteiger partial charge on any atom is -0.476 e. The first-order valence-electron chi connectivity index (χ1n) is 9.23. The molecule has 2 aromatic rings. The van der Waals surface area contributed by atoms with Gasteiger partial charge in [-0.25, -0.2) is 4.98 Å². The highest BCUT2D eigenvalue weighted by Gasteiger charge is 2.23. The van der Waals surface area contributed by atoms with Crippen molar-refractivity contribution in [1.29, 1.82) is 0 Å². The molecule has 0 aliphatic carbocycles. The van der Waals surface area contributed by atoms with Gasteiger partial charge in [-0.3, -0.25) is 4.79 Å². The van der Waals surface area contributed by atoms with Crippen LogP contribution in [0.5, 0.6) is 17.2 Å². The lowest BCUT2D eigenvalue weighted by atomic mass is 10.3. The Labute approximate surface area is 199 Å². The minimum absolute atomic E-state index is 0.0873. The van der Waals surface area contributed by atoms with Gasteiger partial charge in [0.05, 0.1) is 5.69 Å². The molecule has 1 aromatic heterocycles. The van der Waals surface area contributed by atoms with E-state index in [4.69, 9.17) is 49.0 Å². The number of anilines is 2. The topological polar surface area (TPSA) is 81.7 Å². The third-order valence-corrected chi connectivity index (χ3v) is 5.02. The van der Waals surface area contributed by atoms with Crippen LogP contribution in [-0.4, -0.2) is 34.2 Å². The summed E-state index contributed by atoms with van der Waals surface area (Å²) in [5.41, 5.74) is 0.809. The molecule has 0 saturated carbocycles. The van der Waals surface area contributed by atoms with Gasteiger partial charge in [-0.1, -0.05) is 41.7 Å². The van der Waals surface area contributed by atoms with Crippen LogP contribution in [0.3, 0.4) is 0 Å². The van der Waals surface area contributed by atoms with E-state index in [1.807, 2.05) is 31.4 Å². The number of pyridine rings is 1. The van der Waals surface area contributed by atoms with Crippen molar-refractivity contribution < 1.29 is 19.0 Å². The summed E-state index contributed by atoms with van der Waals surface area (Å²) in [6, 6.07) is 7.21. The summed E-state index contributed by atoms with van der Waals surface area (Å²) in [6.07, 6.45) is 6.09. The quantitative estimate of drug-likeness (QED) is 0.260. The molecule has 1 aliphatic rings. The zero-order chi connectivity index (χ0) is 22.4. The summed E-state index contributed by atoms with van der Waals surface area (Å²) in [6.45, 7) is 1.80. The molecule has 2 N–H and O–H groups in total. The van der Waals surface area contributed by atoms with Crippen molar-refractivity contribution in [1.82, 2.24) is 4.98 Å². The van der Waals surface area contributed by atoms with E-state index in [9.17, 15) is 4.79 Å². The Morgan fingerprint density at radius 2 is 2.19 bits per heavy atom. The van der Waals surface area contributed by atoms with Crippen LogP contribution in [0, 0.1) is 0 Å². The summed E-state index contributed by atoms with van der Waals surface area (Å²) < 4.78 is 15.6. The first-order valence-corrected chi connectivity index (χ1v) is 11.6. The second kappa shape index (κ2) is 10.5. The Kier molecular flexibility index (Phi) is 8.05. The summed E-state index contributed by atoms with van der Waals surface area (Å²) in [4.78, 5) is 16.5. The van der Waals surface area contributed by atoms with E-state index in [1.54, 1.807) is 18.3 Å². The van der Waals surface area contributed by atoms with Gasteiger partial charge < -0.3 is 24.8 Å². The SMILES string of the molecule is CC/C=C(/Nc1ccc(Oc2ccnc3c2OCC(=O)N3)cc1SC)OCC(Cl)(Cl)Cl. The summed E-state index contributed by atoms with van der Waals surface area (Å²) >= 11 is 18.9. The Morgan fingerprint density at radius 3 is 2.90 bits per heavy atom. The first-order chi connectivity index (χ1) is 14.8. The summed E-state index contributed by atoms with van der Waals surface area (Å²) in [7, 11) is 0. The van der Waals surface area contributed by atoms with Crippen LogP contribution in [0.4, 0.5) is 11.5 Å². The number of hydrogen-bond acceptors (Lipinski definition) is 7. The molecule has 0 unspecified atom stereocenters. The molecule has 7 nitrogen and oxygen atoms in total. The Bertz CT molecular complexity index is 983. The van der Waals surface area contributed by atoms with E-state index in [0.29, 0.717) is 28.9 Å². The molecule has 0 radical (unpaired) electrons. The number of ether oxygens (including phenoxy) is 3. The van der Waals surface area contributed by atoms with E-state index in [0.717, 1.165) is 17.0 Å². The zero-order valence-electron chi connectivity index (χ0n) is 16.7. The Balaban J connectivity index is 1.78. The van der Waals surface area contributed by atoms with Crippen molar-refractivity contribution in [2.75, 3.05) is 30.1 Å². The average molecular weight is 505 g/mol.